The van der Waals surface area contributed by atoms with Crippen molar-refractivity contribution < 1.29 is 4.79 Å². The maximum atomic E-state index is 12.5. The van der Waals surface area contributed by atoms with E-state index >= 15 is 0 Å². The van der Waals surface area contributed by atoms with E-state index in [2.05, 4.69) is 4.98 Å². The molecule has 0 saturated carbocycles. The van der Waals surface area contributed by atoms with E-state index in [4.69, 9.17) is 5.73 Å². The Hall–Kier alpha value is -0.840. The Balaban J connectivity index is 0.00000180. The minimum Gasteiger partial charge on any atom is -0.338 e. The van der Waals surface area contributed by atoms with Crippen molar-refractivity contribution in [2.75, 3.05) is 13.1 Å². The van der Waals surface area contributed by atoms with E-state index in [9.17, 15) is 4.79 Å². The molecule has 2 atom stereocenters. The average Bonchev–Trinajstić information content (AvgIpc) is 2.46. The van der Waals surface area contributed by atoms with Gasteiger partial charge in [0.2, 0.25) is 5.91 Å². The number of piperidine rings is 1. The van der Waals surface area contributed by atoms with Crippen LogP contribution in [-0.4, -0.2) is 34.9 Å². The molecule has 2 N–H and O–H groups in total. The summed E-state index contributed by atoms with van der Waals surface area (Å²) >= 11 is 0. The Labute approximate surface area is 132 Å². The summed E-state index contributed by atoms with van der Waals surface area (Å²) in [7, 11) is 0. The normalized spacial score (nSPS) is 19.5. The van der Waals surface area contributed by atoms with Crippen molar-refractivity contribution in [2.45, 2.75) is 38.1 Å². The van der Waals surface area contributed by atoms with E-state index < -0.39 is 0 Å². The number of amides is 1. The zero-order valence-electron chi connectivity index (χ0n) is 11.7. The number of pyridine rings is 1. The second kappa shape index (κ2) is 9.16. The molecule has 0 aliphatic carbocycles. The van der Waals surface area contributed by atoms with Crippen molar-refractivity contribution in [1.82, 2.24) is 9.88 Å². The molecule has 0 bridgehead atoms. The maximum absolute atomic E-state index is 12.5. The van der Waals surface area contributed by atoms with Crippen molar-refractivity contribution in [2.24, 2.45) is 5.73 Å². The fourth-order valence-electron chi connectivity index (χ4n) is 2.56. The molecule has 1 amide bonds. The molecule has 2 heterocycles. The van der Waals surface area contributed by atoms with Crippen LogP contribution in [0.1, 0.15) is 37.7 Å². The molecule has 2 unspecified atom stereocenters. The van der Waals surface area contributed by atoms with E-state index in [-0.39, 0.29) is 42.7 Å². The lowest BCUT2D eigenvalue weighted by atomic mass is 9.96. The summed E-state index contributed by atoms with van der Waals surface area (Å²) in [6, 6.07) is 4.04. The summed E-state index contributed by atoms with van der Waals surface area (Å²) in [6.45, 7) is 3.35. The Morgan fingerprint density at radius 2 is 2.25 bits per heavy atom. The van der Waals surface area contributed by atoms with Gasteiger partial charge in [0.1, 0.15) is 0 Å². The van der Waals surface area contributed by atoms with Crippen molar-refractivity contribution in [3.63, 3.8) is 0 Å². The molecule has 1 aliphatic rings. The number of likely N-dealkylation sites (tertiary alicyclic amines) is 1. The Morgan fingerprint density at radius 1 is 1.50 bits per heavy atom. The number of carbonyl (C=O) groups is 1. The summed E-state index contributed by atoms with van der Waals surface area (Å²) < 4.78 is 0. The molecule has 1 aromatic heterocycles. The maximum Gasteiger partial charge on any atom is 0.230 e. The standard InChI is InChI=1S/C14H21N3O.2ClH/c1-11(12-5-4-7-16-10-12)14(18)17-8-3-2-6-13(17)9-15;;/h4-5,7,10-11,13H,2-3,6,8-9,15H2,1H3;2*1H. The van der Waals surface area contributed by atoms with Crippen LogP contribution in [0.25, 0.3) is 0 Å². The SMILES string of the molecule is CC(C(=O)N1CCCCC1CN)c1cccnc1.Cl.Cl. The van der Waals surface area contributed by atoms with Crippen LogP contribution in [0, 0.1) is 0 Å². The van der Waals surface area contributed by atoms with Crippen LogP contribution in [0.2, 0.25) is 0 Å². The molecule has 0 spiro atoms. The van der Waals surface area contributed by atoms with Gasteiger partial charge in [-0.3, -0.25) is 9.78 Å². The molecule has 0 aromatic carbocycles. The molecule has 114 valence electrons. The van der Waals surface area contributed by atoms with Crippen LogP contribution in [0.5, 0.6) is 0 Å². The number of rotatable bonds is 3. The Bertz CT molecular complexity index is 403. The first-order valence-electron chi connectivity index (χ1n) is 6.64. The minimum absolute atomic E-state index is 0. The number of halogens is 2. The van der Waals surface area contributed by atoms with E-state index in [1.54, 1.807) is 12.4 Å². The number of nitrogens with zero attached hydrogens (tertiary/aromatic N) is 2. The zero-order chi connectivity index (χ0) is 13.0. The van der Waals surface area contributed by atoms with Gasteiger partial charge in [-0.05, 0) is 37.8 Å². The van der Waals surface area contributed by atoms with Crippen molar-refractivity contribution in [3.8, 4) is 0 Å². The lowest BCUT2D eigenvalue weighted by Crippen LogP contribution is -2.48. The van der Waals surface area contributed by atoms with E-state index in [0.717, 1.165) is 24.9 Å². The van der Waals surface area contributed by atoms with Crippen LogP contribution in [0.4, 0.5) is 0 Å². The number of aromatic nitrogens is 1. The highest BCUT2D eigenvalue weighted by atomic mass is 35.5. The third-order valence-electron chi connectivity index (χ3n) is 3.74. The lowest BCUT2D eigenvalue weighted by molar-refractivity contribution is -0.135. The van der Waals surface area contributed by atoms with Gasteiger partial charge in [0.25, 0.3) is 0 Å². The summed E-state index contributed by atoms with van der Waals surface area (Å²) in [5.41, 5.74) is 6.74. The molecule has 0 radical (unpaired) electrons. The molecule has 20 heavy (non-hydrogen) atoms. The second-order valence-electron chi connectivity index (χ2n) is 4.92. The van der Waals surface area contributed by atoms with Gasteiger partial charge in [0.05, 0.1) is 5.92 Å². The first-order valence-corrected chi connectivity index (χ1v) is 6.64. The fourth-order valence-corrected chi connectivity index (χ4v) is 2.56. The molecule has 6 heteroatoms. The molecule has 1 aromatic rings. The Kier molecular flexibility index (Phi) is 8.78. The zero-order valence-corrected chi connectivity index (χ0v) is 13.3. The number of hydrogen-bond acceptors (Lipinski definition) is 3. The predicted octanol–water partition coefficient (Wildman–Crippen LogP) is 2.37. The molecule has 1 aliphatic heterocycles. The third-order valence-corrected chi connectivity index (χ3v) is 3.74. The van der Waals surface area contributed by atoms with Crippen LogP contribution in [0.15, 0.2) is 24.5 Å². The lowest BCUT2D eigenvalue weighted by Gasteiger charge is -2.36. The molecule has 2 rings (SSSR count). The molecule has 1 fully saturated rings. The molecule has 4 nitrogen and oxygen atoms in total. The molecule has 1 saturated heterocycles. The molecular weight excluding hydrogens is 297 g/mol. The van der Waals surface area contributed by atoms with Gasteiger partial charge in [-0.1, -0.05) is 6.07 Å². The summed E-state index contributed by atoms with van der Waals surface area (Å²) in [5.74, 6) is 0.0454. The quantitative estimate of drug-likeness (QED) is 0.930. The van der Waals surface area contributed by atoms with Gasteiger partial charge in [0.15, 0.2) is 0 Å². The minimum atomic E-state index is -0.133. The highest BCUT2D eigenvalue weighted by molar-refractivity contribution is 5.85. The van der Waals surface area contributed by atoms with Crippen molar-refractivity contribution in [1.29, 1.82) is 0 Å². The van der Waals surface area contributed by atoms with Crippen LogP contribution in [0.3, 0.4) is 0 Å². The largest absolute Gasteiger partial charge is 0.338 e. The highest BCUT2D eigenvalue weighted by Gasteiger charge is 2.29. The second-order valence-corrected chi connectivity index (χ2v) is 4.92. The van der Waals surface area contributed by atoms with E-state index in [1.807, 2.05) is 24.0 Å². The number of hydrogen-bond donors (Lipinski definition) is 1. The van der Waals surface area contributed by atoms with Gasteiger partial charge >= 0.3 is 0 Å². The summed E-state index contributed by atoms with van der Waals surface area (Å²) in [5, 5.41) is 0. The number of carbonyl (C=O) groups excluding carboxylic acids is 1. The van der Waals surface area contributed by atoms with Gasteiger partial charge < -0.3 is 10.6 Å². The topological polar surface area (TPSA) is 59.2 Å². The van der Waals surface area contributed by atoms with Crippen LogP contribution >= 0.6 is 24.8 Å². The van der Waals surface area contributed by atoms with Gasteiger partial charge in [-0.15, -0.1) is 24.8 Å². The predicted molar refractivity (Wildman–Crippen MR) is 85.6 cm³/mol. The van der Waals surface area contributed by atoms with Gasteiger partial charge in [0, 0.05) is 31.5 Å². The van der Waals surface area contributed by atoms with Crippen LogP contribution in [-0.2, 0) is 4.79 Å². The summed E-state index contributed by atoms with van der Waals surface area (Å²) in [6.07, 6.45) is 6.78. The van der Waals surface area contributed by atoms with E-state index in [0.29, 0.717) is 6.54 Å². The fraction of sp³-hybridized carbons (Fsp3) is 0.571. The van der Waals surface area contributed by atoms with Gasteiger partial charge in [-0.2, -0.15) is 0 Å². The number of nitrogens with two attached hydrogens (primary N) is 1. The van der Waals surface area contributed by atoms with Crippen molar-refractivity contribution >= 4 is 30.7 Å². The summed E-state index contributed by atoms with van der Waals surface area (Å²) in [4.78, 5) is 18.5. The third kappa shape index (κ3) is 4.33. The van der Waals surface area contributed by atoms with E-state index in [1.165, 1.54) is 6.42 Å². The smallest absolute Gasteiger partial charge is 0.230 e. The van der Waals surface area contributed by atoms with Gasteiger partial charge in [-0.25, -0.2) is 0 Å². The first-order chi connectivity index (χ1) is 8.74. The molecular formula is C14H23Cl2N3O. The van der Waals surface area contributed by atoms with Crippen molar-refractivity contribution in [3.05, 3.63) is 30.1 Å². The Morgan fingerprint density at radius 3 is 2.85 bits per heavy atom. The highest BCUT2D eigenvalue weighted by Crippen LogP contribution is 2.23. The first kappa shape index (κ1) is 19.2. The average molecular weight is 320 g/mol. The monoisotopic (exact) mass is 319 g/mol. The van der Waals surface area contributed by atoms with Crippen LogP contribution < -0.4 is 5.73 Å².